The Bertz CT molecular complexity index is 448. The molecule has 1 rings (SSSR count). The summed E-state index contributed by atoms with van der Waals surface area (Å²) >= 11 is 5.34. The van der Waals surface area contributed by atoms with Crippen molar-refractivity contribution in [2.24, 2.45) is 0 Å². The molecule has 0 unspecified atom stereocenters. The van der Waals surface area contributed by atoms with Crippen LogP contribution in [0.1, 0.15) is 32.8 Å². The second kappa shape index (κ2) is 9.58. The van der Waals surface area contributed by atoms with Gasteiger partial charge >= 0.3 is 0 Å². The predicted octanol–water partition coefficient (Wildman–Crippen LogP) is 3.09. The van der Waals surface area contributed by atoms with E-state index in [4.69, 9.17) is 27.4 Å². The predicted molar refractivity (Wildman–Crippen MR) is 92.1 cm³/mol. The first kappa shape index (κ1) is 17.7. The Labute approximate surface area is 133 Å². The number of hydrogen-bond donors (Lipinski definition) is 1. The standard InChI is InChI=1S/C16H26N2O2S/c1-4-18(5-2)10-7-11-20-16(21)14-9-8-13(17)12-15(14)19-6-3/h8-9,12H,4-7,10-11,17H2,1-3H3. The second-order valence-electron chi connectivity index (χ2n) is 4.70. The van der Waals surface area contributed by atoms with E-state index in [0.717, 1.165) is 31.6 Å². The van der Waals surface area contributed by atoms with Gasteiger partial charge in [-0.15, -0.1) is 0 Å². The number of benzene rings is 1. The molecule has 0 bridgehead atoms. The third-order valence-electron chi connectivity index (χ3n) is 3.27. The van der Waals surface area contributed by atoms with Gasteiger partial charge in [-0.1, -0.05) is 13.8 Å². The lowest BCUT2D eigenvalue weighted by molar-refractivity contribution is 0.246. The summed E-state index contributed by atoms with van der Waals surface area (Å²) in [4.78, 5) is 2.36. The van der Waals surface area contributed by atoms with Crippen molar-refractivity contribution in [2.75, 3.05) is 38.6 Å². The lowest BCUT2D eigenvalue weighted by Gasteiger charge is -2.18. The van der Waals surface area contributed by atoms with Crippen LogP contribution in [-0.2, 0) is 4.74 Å². The van der Waals surface area contributed by atoms with E-state index in [1.807, 2.05) is 19.1 Å². The zero-order valence-corrected chi connectivity index (χ0v) is 14.0. The largest absolute Gasteiger partial charge is 0.493 e. The number of nitrogens with two attached hydrogens (primary N) is 1. The first-order valence-corrected chi connectivity index (χ1v) is 7.94. The van der Waals surface area contributed by atoms with Gasteiger partial charge in [0.05, 0.1) is 18.8 Å². The molecule has 118 valence electrons. The van der Waals surface area contributed by atoms with Gasteiger partial charge in [-0.05, 0) is 50.8 Å². The van der Waals surface area contributed by atoms with Crippen LogP contribution in [0, 0.1) is 0 Å². The van der Waals surface area contributed by atoms with Gasteiger partial charge in [-0.25, -0.2) is 0 Å². The average Bonchev–Trinajstić information content (AvgIpc) is 2.47. The van der Waals surface area contributed by atoms with Crippen LogP contribution in [0.4, 0.5) is 5.69 Å². The average molecular weight is 310 g/mol. The van der Waals surface area contributed by atoms with Crippen molar-refractivity contribution in [3.05, 3.63) is 23.8 Å². The van der Waals surface area contributed by atoms with Crippen molar-refractivity contribution in [3.8, 4) is 5.75 Å². The van der Waals surface area contributed by atoms with Gasteiger partial charge in [0.25, 0.3) is 0 Å². The molecule has 0 aliphatic rings. The number of hydrogen-bond acceptors (Lipinski definition) is 5. The molecule has 4 nitrogen and oxygen atoms in total. The zero-order valence-electron chi connectivity index (χ0n) is 13.2. The zero-order chi connectivity index (χ0) is 15.7. The van der Waals surface area contributed by atoms with Gasteiger partial charge < -0.3 is 20.1 Å². The smallest absolute Gasteiger partial charge is 0.194 e. The second-order valence-corrected chi connectivity index (χ2v) is 5.08. The van der Waals surface area contributed by atoms with Gasteiger partial charge in [0.1, 0.15) is 5.75 Å². The number of thiocarbonyl (C=S) groups is 1. The van der Waals surface area contributed by atoms with Crippen molar-refractivity contribution in [1.82, 2.24) is 4.90 Å². The van der Waals surface area contributed by atoms with Crippen LogP contribution in [0.2, 0.25) is 0 Å². The summed E-state index contributed by atoms with van der Waals surface area (Å²) in [6, 6.07) is 5.45. The third-order valence-corrected chi connectivity index (χ3v) is 3.61. The SMILES string of the molecule is CCOc1cc(N)ccc1C(=S)OCCCN(CC)CC. The maximum atomic E-state index is 5.77. The number of nitrogens with zero attached hydrogens (tertiary/aromatic N) is 1. The Morgan fingerprint density at radius 1 is 1.24 bits per heavy atom. The fourth-order valence-electron chi connectivity index (χ4n) is 2.05. The fraction of sp³-hybridized carbons (Fsp3) is 0.562. The third kappa shape index (κ3) is 5.89. The molecule has 1 aromatic rings. The molecule has 21 heavy (non-hydrogen) atoms. The molecule has 2 N–H and O–H groups in total. The molecule has 0 aliphatic carbocycles. The number of ether oxygens (including phenoxy) is 2. The summed E-state index contributed by atoms with van der Waals surface area (Å²) in [5.74, 6) is 0.686. The molecule has 0 fully saturated rings. The van der Waals surface area contributed by atoms with Crippen LogP contribution in [0.5, 0.6) is 5.75 Å². The summed E-state index contributed by atoms with van der Waals surface area (Å²) in [6.45, 7) is 10.6. The fourth-order valence-corrected chi connectivity index (χ4v) is 2.31. The van der Waals surface area contributed by atoms with Crippen molar-refractivity contribution >= 4 is 23.0 Å². The molecule has 0 aromatic heterocycles. The van der Waals surface area contributed by atoms with Crippen molar-refractivity contribution < 1.29 is 9.47 Å². The minimum atomic E-state index is 0.470. The first-order valence-electron chi connectivity index (χ1n) is 7.54. The minimum absolute atomic E-state index is 0.470. The molecule has 5 heteroatoms. The van der Waals surface area contributed by atoms with Crippen LogP contribution in [0.15, 0.2) is 18.2 Å². The maximum absolute atomic E-state index is 5.77. The molecular formula is C16H26N2O2S. The summed E-state index contributed by atoms with van der Waals surface area (Å²) in [7, 11) is 0. The first-order chi connectivity index (χ1) is 10.1. The van der Waals surface area contributed by atoms with E-state index in [0.29, 0.717) is 29.7 Å². The Morgan fingerprint density at radius 3 is 2.57 bits per heavy atom. The molecule has 0 radical (unpaired) electrons. The summed E-state index contributed by atoms with van der Waals surface area (Å²) in [6.07, 6.45) is 0.959. The maximum Gasteiger partial charge on any atom is 0.194 e. The summed E-state index contributed by atoms with van der Waals surface area (Å²) in [5.41, 5.74) is 7.23. The lowest BCUT2D eigenvalue weighted by atomic mass is 10.2. The van der Waals surface area contributed by atoms with E-state index in [-0.39, 0.29) is 0 Å². The van der Waals surface area contributed by atoms with Crippen LogP contribution in [-0.4, -0.2) is 42.8 Å². The van der Waals surface area contributed by atoms with Gasteiger partial charge in [-0.3, -0.25) is 0 Å². The highest BCUT2D eigenvalue weighted by molar-refractivity contribution is 7.80. The van der Waals surface area contributed by atoms with E-state index in [9.17, 15) is 0 Å². The summed E-state index contributed by atoms with van der Waals surface area (Å²) < 4.78 is 11.2. The van der Waals surface area contributed by atoms with Gasteiger partial charge in [0.15, 0.2) is 5.05 Å². The van der Waals surface area contributed by atoms with E-state index in [2.05, 4.69) is 18.7 Å². The Hall–Kier alpha value is -1.33. The molecule has 0 spiro atoms. The molecule has 0 saturated heterocycles. The Balaban J connectivity index is 2.52. The topological polar surface area (TPSA) is 47.7 Å². The molecule has 0 amide bonds. The molecule has 1 aromatic carbocycles. The highest BCUT2D eigenvalue weighted by atomic mass is 32.1. The van der Waals surface area contributed by atoms with E-state index >= 15 is 0 Å². The van der Waals surface area contributed by atoms with Crippen molar-refractivity contribution in [3.63, 3.8) is 0 Å². The quantitative estimate of drug-likeness (QED) is 0.431. The lowest BCUT2D eigenvalue weighted by Crippen LogP contribution is -2.25. The van der Waals surface area contributed by atoms with Gasteiger partial charge in [0.2, 0.25) is 0 Å². The van der Waals surface area contributed by atoms with Crippen LogP contribution in [0.25, 0.3) is 0 Å². The molecule has 0 saturated carbocycles. The van der Waals surface area contributed by atoms with Crippen LogP contribution >= 0.6 is 12.2 Å². The summed E-state index contributed by atoms with van der Waals surface area (Å²) in [5, 5.41) is 0.470. The molecule has 0 aliphatic heterocycles. The van der Waals surface area contributed by atoms with E-state index in [1.54, 1.807) is 6.07 Å². The van der Waals surface area contributed by atoms with Gasteiger partial charge in [-0.2, -0.15) is 0 Å². The van der Waals surface area contributed by atoms with Crippen LogP contribution in [0.3, 0.4) is 0 Å². The Morgan fingerprint density at radius 2 is 1.95 bits per heavy atom. The van der Waals surface area contributed by atoms with Crippen molar-refractivity contribution in [1.29, 1.82) is 0 Å². The highest BCUT2D eigenvalue weighted by Crippen LogP contribution is 2.23. The normalized spacial score (nSPS) is 10.7. The number of nitrogen functional groups attached to an aromatic ring is 1. The minimum Gasteiger partial charge on any atom is -0.493 e. The molecular weight excluding hydrogens is 284 g/mol. The van der Waals surface area contributed by atoms with Crippen molar-refractivity contribution in [2.45, 2.75) is 27.2 Å². The monoisotopic (exact) mass is 310 g/mol. The molecule has 0 atom stereocenters. The van der Waals surface area contributed by atoms with Gasteiger partial charge in [0, 0.05) is 18.3 Å². The molecule has 0 heterocycles. The number of rotatable bonds is 9. The van der Waals surface area contributed by atoms with Crippen LogP contribution < -0.4 is 10.5 Å². The highest BCUT2D eigenvalue weighted by Gasteiger charge is 2.11. The van der Waals surface area contributed by atoms with E-state index in [1.165, 1.54) is 0 Å². The number of anilines is 1. The Kier molecular flexibility index (Phi) is 8.08. The van der Waals surface area contributed by atoms with E-state index < -0.39 is 0 Å².